The number of fused-ring (bicyclic) bond motifs is 2. The summed E-state index contributed by atoms with van der Waals surface area (Å²) in [6, 6.07) is 11.6. The number of carbonyl (C=O) groups excluding carboxylic acids is 1. The van der Waals surface area contributed by atoms with E-state index in [1.54, 1.807) is 28.4 Å². The first-order valence-corrected chi connectivity index (χ1v) is 9.70. The second kappa shape index (κ2) is 7.40. The number of hydrogen-bond donors (Lipinski definition) is 1. The van der Waals surface area contributed by atoms with E-state index in [0.29, 0.717) is 38.3 Å². The van der Waals surface area contributed by atoms with E-state index in [1.807, 2.05) is 30.3 Å². The van der Waals surface area contributed by atoms with E-state index in [4.69, 9.17) is 4.74 Å². The molecule has 1 aliphatic rings. The van der Waals surface area contributed by atoms with E-state index in [9.17, 15) is 9.90 Å². The first-order chi connectivity index (χ1) is 13.2. The van der Waals surface area contributed by atoms with Crippen molar-refractivity contribution >= 4 is 27.5 Å². The van der Waals surface area contributed by atoms with E-state index in [2.05, 4.69) is 11.6 Å². The quantitative estimate of drug-likeness (QED) is 0.683. The monoisotopic (exact) mass is 380 g/mol. The number of para-hydroxylation sites is 1. The Labute approximate surface area is 161 Å². The Morgan fingerprint density at radius 2 is 2.22 bits per heavy atom. The van der Waals surface area contributed by atoms with Gasteiger partial charge in [0.1, 0.15) is 11.6 Å². The fourth-order valence-electron chi connectivity index (χ4n) is 3.21. The molecule has 138 valence electrons. The summed E-state index contributed by atoms with van der Waals surface area (Å²) in [6.07, 6.45) is 2.83. The number of benzene rings is 2. The summed E-state index contributed by atoms with van der Waals surface area (Å²) in [5.74, 6) is 0.609. The highest BCUT2D eigenvalue weighted by Gasteiger charge is 2.23. The average Bonchev–Trinajstić information content (AvgIpc) is 2.98. The van der Waals surface area contributed by atoms with Crippen molar-refractivity contribution < 1.29 is 14.6 Å². The molecule has 0 saturated carbocycles. The largest absolute Gasteiger partial charge is 0.504 e. The van der Waals surface area contributed by atoms with Crippen molar-refractivity contribution in [3.8, 4) is 22.1 Å². The molecule has 0 bridgehead atoms. The van der Waals surface area contributed by atoms with Gasteiger partial charge in [-0.1, -0.05) is 18.2 Å². The average molecular weight is 380 g/mol. The zero-order chi connectivity index (χ0) is 18.8. The van der Waals surface area contributed by atoms with Crippen LogP contribution < -0.4 is 4.74 Å². The molecule has 0 aliphatic carbocycles. The number of phenols is 1. The van der Waals surface area contributed by atoms with Crippen LogP contribution in [0.5, 0.6) is 11.5 Å². The molecule has 0 atom stereocenters. The number of hydrogen-bond acceptors (Lipinski definition) is 5. The number of aromatic nitrogens is 1. The number of aromatic hydroxyl groups is 1. The minimum absolute atomic E-state index is 0.0660. The predicted molar refractivity (Wildman–Crippen MR) is 107 cm³/mol. The second-order valence-electron chi connectivity index (χ2n) is 6.46. The summed E-state index contributed by atoms with van der Waals surface area (Å²) in [4.78, 5) is 18.9. The van der Waals surface area contributed by atoms with Gasteiger partial charge in [-0.3, -0.25) is 4.79 Å². The van der Waals surface area contributed by atoms with Crippen LogP contribution in [0.25, 0.3) is 20.8 Å². The Kier molecular flexibility index (Phi) is 4.81. The van der Waals surface area contributed by atoms with Gasteiger partial charge >= 0.3 is 0 Å². The van der Waals surface area contributed by atoms with Crippen molar-refractivity contribution in [2.45, 2.75) is 19.4 Å². The molecule has 0 saturated heterocycles. The molecule has 6 heteroatoms. The number of carbonyl (C=O) groups is 1. The molecule has 1 aromatic heterocycles. The van der Waals surface area contributed by atoms with Crippen LogP contribution >= 0.6 is 11.3 Å². The van der Waals surface area contributed by atoms with Gasteiger partial charge in [0.25, 0.3) is 0 Å². The SMILES string of the molecule is C=CCCC(=O)N1CCOc2c(O)cc(-c3nc4ccccc4s3)cc2C1. The topological polar surface area (TPSA) is 62.7 Å². The van der Waals surface area contributed by atoms with Gasteiger partial charge in [-0.05, 0) is 30.7 Å². The van der Waals surface area contributed by atoms with E-state index in [0.717, 1.165) is 26.4 Å². The molecule has 2 heterocycles. The highest BCUT2D eigenvalue weighted by molar-refractivity contribution is 7.21. The lowest BCUT2D eigenvalue weighted by Crippen LogP contribution is -2.32. The molecule has 3 aromatic rings. The van der Waals surface area contributed by atoms with Crippen LogP contribution in [-0.4, -0.2) is 34.0 Å². The third-order valence-corrected chi connectivity index (χ3v) is 5.66. The minimum Gasteiger partial charge on any atom is -0.504 e. The maximum atomic E-state index is 12.4. The minimum atomic E-state index is 0.0660. The lowest BCUT2D eigenvalue weighted by Gasteiger charge is -2.19. The normalized spacial score (nSPS) is 13.7. The lowest BCUT2D eigenvalue weighted by atomic mass is 10.1. The standard InChI is InChI=1S/C21H20N2O3S/c1-2-3-8-19(25)23-9-10-26-20-15(13-23)11-14(12-17(20)24)21-22-16-6-4-5-7-18(16)27-21/h2,4-7,11-12,24H,1,3,8-10,13H2. The van der Waals surface area contributed by atoms with Crippen molar-refractivity contribution in [3.63, 3.8) is 0 Å². The van der Waals surface area contributed by atoms with Gasteiger partial charge in [0.2, 0.25) is 5.91 Å². The molecule has 27 heavy (non-hydrogen) atoms. The number of rotatable bonds is 4. The van der Waals surface area contributed by atoms with Gasteiger partial charge in [-0.25, -0.2) is 4.98 Å². The van der Waals surface area contributed by atoms with Crippen molar-refractivity contribution in [1.29, 1.82) is 0 Å². The number of ether oxygens (including phenoxy) is 1. The Hall–Kier alpha value is -2.86. The highest BCUT2D eigenvalue weighted by Crippen LogP contribution is 2.39. The van der Waals surface area contributed by atoms with Crippen molar-refractivity contribution in [2.24, 2.45) is 0 Å². The molecule has 2 aromatic carbocycles. The van der Waals surface area contributed by atoms with Crippen molar-refractivity contribution in [3.05, 3.63) is 54.6 Å². The van der Waals surface area contributed by atoms with E-state index in [1.165, 1.54) is 0 Å². The molecule has 0 radical (unpaired) electrons. The lowest BCUT2D eigenvalue weighted by molar-refractivity contribution is -0.131. The summed E-state index contributed by atoms with van der Waals surface area (Å²) in [6.45, 7) is 4.95. The molecule has 0 unspecified atom stereocenters. The molecule has 5 nitrogen and oxygen atoms in total. The van der Waals surface area contributed by atoms with Gasteiger partial charge in [0, 0.05) is 24.1 Å². The molecule has 1 amide bonds. The zero-order valence-electron chi connectivity index (χ0n) is 14.9. The van der Waals surface area contributed by atoms with Gasteiger partial charge in [-0.2, -0.15) is 0 Å². The number of allylic oxidation sites excluding steroid dienone is 1. The van der Waals surface area contributed by atoms with E-state index >= 15 is 0 Å². The second-order valence-corrected chi connectivity index (χ2v) is 7.49. The van der Waals surface area contributed by atoms with Crippen LogP contribution in [0.3, 0.4) is 0 Å². The number of thiazole rings is 1. The molecule has 0 spiro atoms. The number of amides is 1. The summed E-state index contributed by atoms with van der Waals surface area (Å²) < 4.78 is 6.83. The summed E-state index contributed by atoms with van der Waals surface area (Å²) in [7, 11) is 0. The molecule has 1 N–H and O–H groups in total. The fourth-order valence-corrected chi connectivity index (χ4v) is 4.17. The van der Waals surface area contributed by atoms with Crippen molar-refractivity contribution in [1.82, 2.24) is 9.88 Å². The zero-order valence-corrected chi connectivity index (χ0v) is 15.7. The first-order valence-electron chi connectivity index (χ1n) is 8.89. The molecule has 4 rings (SSSR count). The molecule has 1 aliphatic heterocycles. The summed E-state index contributed by atoms with van der Waals surface area (Å²) >= 11 is 1.58. The molecule has 0 fully saturated rings. The van der Waals surface area contributed by atoms with Crippen LogP contribution in [-0.2, 0) is 11.3 Å². The van der Waals surface area contributed by atoms with Gasteiger partial charge in [0.05, 0.1) is 16.8 Å². The highest BCUT2D eigenvalue weighted by atomic mass is 32.1. The molecular weight excluding hydrogens is 360 g/mol. The summed E-state index contributed by atoms with van der Waals surface area (Å²) in [5.41, 5.74) is 2.56. The third-order valence-electron chi connectivity index (χ3n) is 4.57. The Balaban J connectivity index is 1.69. The van der Waals surface area contributed by atoms with Crippen LogP contribution in [0.4, 0.5) is 0 Å². The first kappa shape index (κ1) is 17.5. The summed E-state index contributed by atoms with van der Waals surface area (Å²) in [5, 5.41) is 11.3. The Morgan fingerprint density at radius 3 is 3.04 bits per heavy atom. The van der Waals surface area contributed by atoms with Crippen molar-refractivity contribution in [2.75, 3.05) is 13.2 Å². The number of phenolic OH excluding ortho intramolecular Hbond substituents is 1. The maximum absolute atomic E-state index is 12.4. The van der Waals surface area contributed by atoms with Crippen LogP contribution in [0, 0.1) is 0 Å². The maximum Gasteiger partial charge on any atom is 0.223 e. The van der Waals surface area contributed by atoms with E-state index in [-0.39, 0.29) is 11.7 Å². The number of nitrogens with zero attached hydrogens (tertiary/aromatic N) is 2. The Morgan fingerprint density at radius 1 is 1.37 bits per heavy atom. The predicted octanol–water partition coefficient (Wildman–Crippen LogP) is 4.36. The van der Waals surface area contributed by atoms with Gasteiger partial charge in [-0.15, -0.1) is 17.9 Å². The van der Waals surface area contributed by atoms with E-state index < -0.39 is 0 Å². The Bertz CT molecular complexity index is 979. The fraction of sp³-hybridized carbons (Fsp3) is 0.238. The third kappa shape index (κ3) is 3.53. The molecular formula is C21H20N2O3S. The van der Waals surface area contributed by atoms with Gasteiger partial charge < -0.3 is 14.7 Å². The smallest absolute Gasteiger partial charge is 0.223 e. The van der Waals surface area contributed by atoms with Crippen LogP contribution in [0.1, 0.15) is 18.4 Å². The van der Waals surface area contributed by atoms with Crippen LogP contribution in [0.15, 0.2) is 49.1 Å². The van der Waals surface area contributed by atoms with Gasteiger partial charge in [0.15, 0.2) is 11.5 Å². The van der Waals surface area contributed by atoms with Crippen LogP contribution in [0.2, 0.25) is 0 Å².